The van der Waals surface area contributed by atoms with Crippen molar-refractivity contribution in [3.05, 3.63) is 53.6 Å². The van der Waals surface area contributed by atoms with Crippen LogP contribution in [0.3, 0.4) is 0 Å². The Morgan fingerprint density at radius 3 is 2.76 bits per heavy atom. The average molecular weight is 338 g/mol. The third-order valence-corrected chi connectivity index (χ3v) is 4.23. The summed E-state index contributed by atoms with van der Waals surface area (Å²) in [5.74, 6) is 0.732. The summed E-state index contributed by atoms with van der Waals surface area (Å²) in [5.41, 5.74) is 2.99. The lowest BCUT2D eigenvalue weighted by atomic mass is 10.1. The molecule has 2 aromatic rings. The molecule has 0 radical (unpaired) electrons. The molecule has 2 amide bonds. The molecular formula is C20H22N2O3. The quantitative estimate of drug-likeness (QED) is 0.903. The average Bonchev–Trinajstić information content (AvgIpc) is 3.03. The van der Waals surface area contributed by atoms with E-state index >= 15 is 0 Å². The van der Waals surface area contributed by atoms with E-state index in [2.05, 4.69) is 5.32 Å². The molecular weight excluding hydrogens is 316 g/mol. The van der Waals surface area contributed by atoms with E-state index in [-0.39, 0.29) is 11.8 Å². The highest BCUT2D eigenvalue weighted by molar-refractivity contribution is 6.05. The van der Waals surface area contributed by atoms with Crippen LogP contribution in [0.2, 0.25) is 0 Å². The van der Waals surface area contributed by atoms with E-state index in [9.17, 15) is 9.59 Å². The molecule has 0 atom stereocenters. The van der Waals surface area contributed by atoms with Crippen LogP contribution in [0.5, 0.6) is 5.75 Å². The summed E-state index contributed by atoms with van der Waals surface area (Å²) in [7, 11) is 0. The molecule has 5 nitrogen and oxygen atoms in total. The molecule has 3 rings (SSSR count). The zero-order valence-corrected chi connectivity index (χ0v) is 14.5. The molecule has 0 saturated carbocycles. The van der Waals surface area contributed by atoms with Crippen molar-refractivity contribution in [3.8, 4) is 5.75 Å². The van der Waals surface area contributed by atoms with Crippen molar-refractivity contribution in [2.45, 2.75) is 26.7 Å². The number of hydrogen-bond acceptors (Lipinski definition) is 3. The second-order valence-electron chi connectivity index (χ2n) is 6.07. The second kappa shape index (κ2) is 7.38. The fourth-order valence-corrected chi connectivity index (χ4v) is 2.98. The van der Waals surface area contributed by atoms with Gasteiger partial charge in [-0.2, -0.15) is 0 Å². The number of amides is 2. The third kappa shape index (κ3) is 3.82. The standard InChI is InChI=1S/C20H22N2O3/c1-3-25-18-10-9-15(12-14(18)2)20(24)21-16-6-4-7-17(13-16)22-11-5-8-19(22)23/h4,6-7,9-10,12-13H,3,5,8,11H2,1-2H3,(H,21,24). The van der Waals surface area contributed by atoms with E-state index in [0.29, 0.717) is 24.3 Å². The van der Waals surface area contributed by atoms with Crippen molar-refractivity contribution in [3.63, 3.8) is 0 Å². The minimum Gasteiger partial charge on any atom is -0.494 e. The van der Waals surface area contributed by atoms with Crippen LogP contribution in [0.15, 0.2) is 42.5 Å². The highest BCUT2D eigenvalue weighted by Crippen LogP contribution is 2.25. The van der Waals surface area contributed by atoms with Crippen LogP contribution in [0.1, 0.15) is 35.7 Å². The zero-order valence-electron chi connectivity index (χ0n) is 14.5. The van der Waals surface area contributed by atoms with Gasteiger partial charge in [-0.1, -0.05) is 6.07 Å². The number of ether oxygens (including phenoxy) is 1. The van der Waals surface area contributed by atoms with Crippen molar-refractivity contribution in [2.75, 3.05) is 23.4 Å². The summed E-state index contributed by atoms with van der Waals surface area (Å²) in [6.45, 7) is 5.17. The first kappa shape index (κ1) is 17.0. The number of anilines is 2. The van der Waals surface area contributed by atoms with E-state index in [4.69, 9.17) is 4.74 Å². The molecule has 5 heteroatoms. The minimum absolute atomic E-state index is 0.130. The topological polar surface area (TPSA) is 58.6 Å². The Morgan fingerprint density at radius 2 is 2.08 bits per heavy atom. The Kier molecular flexibility index (Phi) is 5.03. The fraction of sp³-hybridized carbons (Fsp3) is 0.300. The van der Waals surface area contributed by atoms with E-state index in [0.717, 1.165) is 30.0 Å². The molecule has 1 fully saturated rings. The zero-order chi connectivity index (χ0) is 17.8. The number of nitrogens with one attached hydrogen (secondary N) is 1. The van der Waals surface area contributed by atoms with Crippen molar-refractivity contribution in [1.29, 1.82) is 0 Å². The first-order valence-electron chi connectivity index (χ1n) is 8.53. The van der Waals surface area contributed by atoms with Gasteiger partial charge in [0.25, 0.3) is 5.91 Å². The molecule has 130 valence electrons. The summed E-state index contributed by atoms with van der Waals surface area (Å²) in [6, 6.07) is 12.8. The summed E-state index contributed by atoms with van der Waals surface area (Å²) in [6.07, 6.45) is 1.46. The van der Waals surface area contributed by atoms with E-state index < -0.39 is 0 Å². The van der Waals surface area contributed by atoms with Crippen LogP contribution < -0.4 is 15.0 Å². The lowest BCUT2D eigenvalue weighted by molar-refractivity contribution is -0.117. The van der Waals surface area contributed by atoms with Crippen molar-refractivity contribution < 1.29 is 14.3 Å². The summed E-state index contributed by atoms with van der Waals surface area (Å²) >= 11 is 0. The number of benzene rings is 2. The Hall–Kier alpha value is -2.82. The van der Waals surface area contributed by atoms with Crippen LogP contribution >= 0.6 is 0 Å². The van der Waals surface area contributed by atoms with E-state index in [1.54, 1.807) is 11.0 Å². The largest absolute Gasteiger partial charge is 0.494 e. The Balaban J connectivity index is 1.75. The Labute approximate surface area is 147 Å². The van der Waals surface area contributed by atoms with E-state index in [1.165, 1.54) is 0 Å². The van der Waals surface area contributed by atoms with Crippen molar-refractivity contribution in [1.82, 2.24) is 0 Å². The van der Waals surface area contributed by atoms with E-state index in [1.807, 2.05) is 50.2 Å². The minimum atomic E-state index is -0.184. The van der Waals surface area contributed by atoms with Gasteiger partial charge in [0.05, 0.1) is 6.61 Å². The van der Waals surface area contributed by atoms with Gasteiger partial charge in [-0.05, 0) is 62.2 Å². The molecule has 0 bridgehead atoms. The molecule has 1 saturated heterocycles. The molecule has 1 aliphatic heterocycles. The predicted octanol–water partition coefficient (Wildman–Crippen LogP) is 3.77. The molecule has 1 aliphatic rings. The number of aryl methyl sites for hydroxylation is 1. The van der Waals surface area contributed by atoms with Crippen LogP contribution in [-0.4, -0.2) is 25.0 Å². The van der Waals surface area contributed by atoms with Gasteiger partial charge in [0.2, 0.25) is 5.91 Å². The van der Waals surface area contributed by atoms with Gasteiger partial charge in [0.1, 0.15) is 5.75 Å². The highest BCUT2D eigenvalue weighted by Gasteiger charge is 2.21. The predicted molar refractivity (Wildman–Crippen MR) is 98.3 cm³/mol. The molecule has 0 unspecified atom stereocenters. The molecule has 1 N–H and O–H groups in total. The van der Waals surface area contributed by atoms with Gasteiger partial charge in [0.15, 0.2) is 0 Å². The lowest BCUT2D eigenvalue weighted by Gasteiger charge is -2.17. The van der Waals surface area contributed by atoms with Gasteiger partial charge in [-0.25, -0.2) is 0 Å². The number of rotatable bonds is 5. The number of nitrogens with zero attached hydrogens (tertiary/aromatic N) is 1. The number of carbonyl (C=O) groups is 2. The summed E-state index contributed by atoms with van der Waals surface area (Å²) in [4.78, 5) is 26.1. The van der Waals surface area contributed by atoms with Gasteiger partial charge < -0.3 is 15.0 Å². The van der Waals surface area contributed by atoms with Crippen LogP contribution in [-0.2, 0) is 4.79 Å². The number of carbonyl (C=O) groups excluding carboxylic acids is 2. The van der Waals surface area contributed by atoms with Crippen LogP contribution in [0.25, 0.3) is 0 Å². The summed E-state index contributed by atoms with van der Waals surface area (Å²) in [5, 5.41) is 2.90. The molecule has 2 aromatic carbocycles. The molecule has 1 heterocycles. The first-order valence-corrected chi connectivity index (χ1v) is 8.53. The maximum atomic E-state index is 12.5. The third-order valence-electron chi connectivity index (χ3n) is 4.23. The fourth-order valence-electron chi connectivity index (χ4n) is 2.98. The second-order valence-corrected chi connectivity index (χ2v) is 6.07. The van der Waals surface area contributed by atoms with Gasteiger partial charge in [-0.15, -0.1) is 0 Å². The molecule has 0 spiro atoms. The Bertz CT molecular complexity index is 801. The van der Waals surface area contributed by atoms with Crippen molar-refractivity contribution in [2.24, 2.45) is 0 Å². The smallest absolute Gasteiger partial charge is 0.255 e. The normalized spacial score (nSPS) is 13.8. The van der Waals surface area contributed by atoms with Gasteiger partial charge in [-0.3, -0.25) is 9.59 Å². The number of hydrogen-bond donors (Lipinski definition) is 1. The van der Waals surface area contributed by atoms with Crippen molar-refractivity contribution >= 4 is 23.2 Å². The van der Waals surface area contributed by atoms with Crippen LogP contribution in [0.4, 0.5) is 11.4 Å². The first-order chi connectivity index (χ1) is 12.1. The van der Waals surface area contributed by atoms with Gasteiger partial charge in [0, 0.05) is 29.9 Å². The molecule has 0 aliphatic carbocycles. The SMILES string of the molecule is CCOc1ccc(C(=O)Nc2cccc(N3CCCC3=O)c2)cc1C. The Morgan fingerprint density at radius 1 is 1.24 bits per heavy atom. The monoisotopic (exact) mass is 338 g/mol. The summed E-state index contributed by atoms with van der Waals surface area (Å²) < 4.78 is 5.50. The molecule has 0 aromatic heterocycles. The van der Waals surface area contributed by atoms with Crippen LogP contribution in [0, 0.1) is 6.92 Å². The van der Waals surface area contributed by atoms with Gasteiger partial charge >= 0.3 is 0 Å². The maximum absolute atomic E-state index is 12.5. The maximum Gasteiger partial charge on any atom is 0.255 e. The lowest BCUT2D eigenvalue weighted by Crippen LogP contribution is -2.23. The highest BCUT2D eigenvalue weighted by atomic mass is 16.5. The molecule has 25 heavy (non-hydrogen) atoms.